The van der Waals surface area contributed by atoms with Crippen molar-refractivity contribution in [2.45, 2.75) is 44.6 Å². The first-order valence-electron chi connectivity index (χ1n) is 10.5. The summed E-state index contributed by atoms with van der Waals surface area (Å²) in [6.07, 6.45) is 5.83. The van der Waals surface area contributed by atoms with Gasteiger partial charge in [0.1, 0.15) is 0 Å². The average Bonchev–Trinajstić information content (AvgIpc) is 3.30. The summed E-state index contributed by atoms with van der Waals surface area (Å²) in [5.74, 6) is 7.01. The number of aromatic nitrogens is 2. The third-order valence-electron chi connectivity index (χ3n) is 6.57. The van der Waals surface area contributed by atoms with Gasteiger partial charge in [-0.3, -0.25) is 14.8 Å². The van der Waals surface area contributed by atoms with Crippen LogP contribution < -0.4 is 16.8 Å². The van der Waals surface area contributed by atoms with Gasteiger partial charge in [-0.2, -0.15) is 0 Å². The van der Waals surface area contributed by atoms with Crippen molar-refractivity contribution >= 4 is 5.95 Å². The van der Waals surface area contributed by atoms with Crippen LogP contribution in [0.3, 0.4) is 0 Å². The molecule has 0 amide bonds. The summed E-state index contributed by atoms with van der Waals surface area (Å²) < 4.78 is 1.70. The van der Waals surface area contributed by atoms with Gasteiger partial charge in [-0.25, -0.2) is 10.8 Å². The highest BCUT2D eigenvalue weighted by atomic mass is 16.1. The number of hydrazine groups is 1. The molecule has 148 valence electrons. The van der Waals surface area contributed by atoms with E-state index in [1.165, 1.54) is 31.2 Å². The molecule has 2 aliphatic carbocycles. The van der Waals surface area contributed by atoms with Gasteiger partial charge in [0.05, 0.1) is 12.2 Å². The third-order valence-corrected chi connectivity index (χ3v) is 6.57. The van der Waals surface area contributed by atoms with Crippen LogP contribution in [-0.4, -0.2) is 9.55 Å². The number of nitrogen functional groups attached to an aromatic ring is 1. The topological polar surface area (TPSA) is 72.9 Å². The van der Waals surface area contributed by atoms with Crippen molar-refractivity contribution in [1.82, 2.24) is 9.55 Å². The van der Waals surface area contributed by atoms with Gasteiger partial charge in [-0.15, -0.1) is 0 Å². The van der Waals surface area contributed by atoms with Crippen molar-refractivity contribution in [2.75, 3.05) is 5.43 Å². The number of nitrogens with one attached hydrogen (secondary N) is 1. The smallest absolute Gasteiger partial charge is 0.259 e. The van der Waals surface area contributed by atoms with Crippen LogP contribution in [0.2, 0.25) is 0 Å². The van der Waals surface area contributed by atoms with Gasteiger partial charge in [0.15, 0.2) is 0 Å². The Hall–Kier alpha value is -2.92. The predicted molar refractivity (Wildman–Crippen MR) is 116 cm³/mol. The fourth-order valence-corrected chi connectivity index (χ4v) is 5.16. The average molecular weight is 386 g/mol. The van der Waals surface area contributed by atoms with E-state index in [0.29, 0.717) is 18.4 Å². The normalized spacial score (nSPS) is 18.3. The first-order valence-corrected chi connectivity index (χ1v) is 10.5. The van der Waals surface area contributed by atoms with E-state index in [9.17, 15) is 4.79 Å². The molecule has 3 aromatic rings. The van der Waals surface area contributed by atoms with Crippen LogP contribution in [0.4, 0.5) is 5.95 Å². The maximum atomic E-state index is 13.8. The summed E-state index contributed by atoms with van der Waals surface area (Å²) in [6.45, 7) is 0.457. The molecule has 3 N–H and O–H groups in total. The minimum atomic E-state index is 0.0400. The molecular weight excluding hydrogens is 360 g/mol. The van der Waals surface area contributed by atoms with Crippen molar-refractivity contribution < 1.29 is 0 Å². The number of benzene rings is 2. The second-order valence-electron chi connectivity index (χ2n) is 8.23. The lowest BCUT2D eigenvalue weighted by Gasteiger charge is -2.31. The van der Waals surface area contributed by atoms with Crippen molar-refractivity contribution in [1.29, 1.82) is 0 Å². The SMILES string of the molecule is NNc1nc2c(c(=O)n1Cc1ccccc1)C(C1CCCC1)Cc1ccccc1-2. The van der Waals surface area contributed by atoms with Gasteiger partial charge in [0.2, 0.25) is 5.95 Å². The Morgan fingerprint density at radius 3 is 2.52 bits per heavy atom. The van der Waals surface area contributed by atoms with Crippen LogP contribution in [0.5, 0.6) is 0 Å². The van der Waals surface area contributed by atoms with E-state index in [-0.39, 0.29) is 11.5 Å². The van der Waals surface area contributed by atoms with Gasteiger partial charge in [-0.05, 0) is 42.2 Å². The zero-order chi connectivity index (χ0) is 19.8. The Labute approximate surface area is 170 Å². The van der Waals surface area contributed by atoms with Gasteiger partial charge in [0.25, 0.3) is 5.56 Å². The first kappa shape index (κ1) is 18.1. The summed E-state index contributed by atoms with van der Waals surface area (Å²) in [5.41, 5.74) is 7.81. The Morgan fingerprint density at radius 2 is 1.76 bits per heavy atom. The Kier molecular flexibility index (Phi) is 4.68. The molecule has 0 spiro atoms. The van der Waals surface area contributed by atoms with Crippen molar-refractivity contribution in [3.05, 3.63) is 81.6 Å². The molecule has 1 aromatic heterocycles. The fourth-order valence-electron chi connectivity index (χ4n) is 5.16. The minimum Gasteiger partial charge on any atom is -0.294 e. The van der Waals surface area contributed by atoms with Gasteiger partial charge >= 0.3 is 0 Å². The summed E-state index contributed by atoms with van der Waals surface area (Å²) in [5, 5.41) is 0. The van der Waals surface area contributed by atoms with Crippen LogP contribution in [-0.2, 0) is 13.0 Å². The van der Waals surface area contributed by atoms with Crippen LogP contribution in [0.15, 0.2) is 59.4 Å². The summed E-state index contributed by atoms with van der Waals surface area (Å²) in [6, 6.07) is 18.3. The van der Waals surface area contributed by atoms with E-state index in [1.54, 1.807) is 4.57 Å². The monoisotopic (exact) mass is 386 g/mol. The number of nitrogens with zero attached hydrogens (tertiary/aromatic N) is 2. The molecule has 2 aromatic carbocycles. The molecule has 1 heterocycles. The molecule has 1 saturated carbocycles. The molecule has 1 atom stereocenters. The number of rotatable bonds is 4. The largest absolute Gasteiger partial charge is 0.294 e. The molecule has 0 radical (unpaired) electrons. The maximum absolute atomic E-state index is 13.8. The van der Waals surface area contributed by atoms with E-state index >= 15 is 0 Å². The number of anilines is 1. The van der Waals surface area contributed by atoms with Crippen LogP contribution in [0, 0.1) is 5.92 Å². The highest BCUT2D eigenvalue weighted by molar-refractivity contribution is 5.71. The highest BCUT2D eigenvalue weighted by Crippen LogP contribution is 2.45. The Bertz CT molecular complexity index is 1080. The lowest BCUT2D eigenvalue weighted by Crippen LogP contribution is -2.35. The highest BCUT2D eigenvalue weighted by Gasteiger charge is 2.36. The van der Waals surface area contributed by atoms with Crippen molar-refractivity contribution in [3.63, 3.8) is 0 Å². The zero-order valence-electron chi connectivity index (χ0n) is 16.5. The van der Waals surface area contributed by atoms with Crippen LogP contribution >= 0.6 is 0 Å². The number of hydrogen-bond acceptors (Lipinski definition) is 4. The molecule has 2 aliphatic rings. The predicted octanol–water partition coefficient (Wildman–Crippen LogP) is 4.07. The zero-order valence-corrected chi connectivity index (χ0v) is 16.5. The molecule has 29 heavy (non-hydrogen) atoms. The van der Waals surface area contributed by atoms with E-state index in [1.807, 2.05) is 36.4 Å². The standard InChI is InChI=1S/C24H26N4O/c25-27-24-26-22-19-13-7-6-12-18(19)14-20(17-10-4-5-11-17)21(22)23(29)28(24)15-16-8-2-1-3-9-16/h1-3,6-9,12-13,17,20H,4-5,10-11,14-15,25H2,(H,26,27). The van der Waals surface area contributed by atoms with Gasteiger partial charge < -0.3 is 0 Å². The van der Waals surface area contributed by atoms with E-state index in [0.717, 1.165) is 28.8 Å². The molecule has 5 heteroatoms. The molecule has 5 rings (SSSR count). The quantitative estimate of drug-likeness (QED) is 0.524. The molecule has 5 nitrogen and oxygen atoms in total. The second kappa shape index (κ2) is 7.48. The van der Waals surface area contributed by atoms with Crippen LogP contribution in [0.1, 0.15) is 48.3 Å². The number of nitrogens with two attached hydrogens (primary N) is 1. The van der Waals surface area contributed by atoms with Crippen molar-refractivity contribution in [3.8, 4) is 11.3 Å². The van der Waals surface area contributed by atoms with E-state index in [2.05, 4.69) is 23.6 Å². The molecule has 0 aliphatic heterocycles. The number of hydrogen-bond donors (Lipinski definition) is 2. The Morgan fingerprint density at radius 1 is 1.03 bits per heavy atom. The van der Waals surface area contributed by atoms with E-state index in [4.69, 9.17) is 10.8 Å². The van der Waals surface area contributed by atoms with E-state index < -0.39 is 0 Å². The summed E-state index contributed by atoms with van der Waals surface area (Å²) >= 11 is 0. The fraction of sp³-hybridized carbons (Fsp3) is 0.333. The maximum Gasteiger partial charge on any atom is 0.259 e. The molecular formula is C24H26N4O. The molecule has 1 fully saturated rings. The molecule has 0 saturated heterocycles. The lowest BCUT2D eigenvalue weighted by molar-refractivity contribution is 0.422. The first-order chi connectivity index (χ1) is 14.3. The van der Waals surface area contributed by atoms with Crippen molar-refractivity contribution in [2.24, 2.45) is 11.8 Å². The lowest BCUT2D eigenvalue weighted by atomic mass is 9.74. The summed E-state index contributed by atoms with van der Waals surface area (Å²) in [4.78, 5) is 18.7. The van der Waals surface area contributed by atoms with Gasteiger partial charge in [0, 0.05) is 11.1 Å². The third kappa shape index (κ3) is 3.15. The number of fused-ring (bicyclic) bond motifs is 3. The molecule has 0 bridgehead atoms. The summed E-state index contributed by atoms with van der Waals surface area (Å²) in [7, 11) is 0. The van der Waals surface area contributed by atoms with Gasteiger partial charge in [-0.1, -0.05) is 67.4 Å². The minimum absolute atomic E-state index is 0.0400. The molecule has 1 unspecified atom stereocenters. The second-order valence-corrected chi connectivity index (χ2v) is 8.23. The van der Waals surface area contributed by atoms with Crippen LogP contribution in [0.25, 0.3) is 11.3 Å². The Balaban J connectivity index is 1.71.